The fourth-order valence-electron chi connectivity index (χ4n) is 3.60. The molecule has 0 spiro atoms. The Morgan fingerprint density at radius 2 is 0.914 bits per heavy atom. The number of aliphatic carboxylic acids is 4. The molecule has 6 N–H and O–H groups in total. The van der Waals surface area contributed by atoms with Gasteiger partial charge in [0, 0.05) is 52.4 Å². The number of hydrogen-bond donors (Lipinski definition) is 6. The molecule has 15 heteroatoms. The molecule has 1 heterocycles. The molecule has 0 aliphatic carbocycles. The van der Waals surface area contributed by atoms with E-state index in [1.54, 1.807) is 19.6 Å². The van der Waals surface area contributed by atoms with E-state index in [-0.39, 0.29) is 78.5 Å². The normalized spacial score (nSPS) is 19.6. The van der Waals surface area contributed by atoms with Crippen molar-refractivity contribution in [3.05, 3.63) is 0 Å². The van der Waals surface area contributed by atoms with Gasteiger partial charge in [-0.05, 0) is 6.92 Å². The number of carbonyl (C=O) groups excluding carboxylic acids is 1. The first kappa shape index (κ1) is 30.2. The first-order chi connectivity index (χ1) is 16.4. The summed E-state index contributed by atoms with van der Waals surface area (Å²) in [5, 5.41) is 48.6. The minimum atomic E-state index is -1.50. The highest BCUT2D eigenvalue weighted by atomic mass is 16.4. The minimum Gasteiger partial charge on any atom is -0.480 e. The summed E-state index contributed by atoms with van der Waals surface area (Å²) in [5.74, 6) is -5.25. The lowest BCUT2D eigenvalue weighted by Crippen LogP contribution is -2.52. The van der Waals surface area contributed by atoms with Crippen LogP contribution < -0.4 is 5.32 Å². The van der Waals surface area contributed by atoms with Crippen LogP contribution in [0.15, 0.2) is 0 Å². The molecular weight excluding hydrogens is 470 g/mol. The van der Waals surface area contributed by atoms with Crippen molar-refractivity contribution >= 4 is 29.8 Å². The lowest BCUT2D eigenvalue weighted by Gasteiger charge is -2.33. The van der Waals surface area contributed by atoms with Crippen molar-refractivity contribution < 1.29 is 49.5 Å². The van der Waals surface area contributed by atoms with Gasteiger partial charge >= 0.3 is 23.9 Å². The number of aliphatic hydroxyl groups is 1. The van der Waals surface area contributed by atoms with Crippen LogP contribution >= 0.6 is 0 Å². The summed E-state index contributed by atoms with van der Waals surface area (Å²) in [7, 11) is 0. The van der Waals surface area contributed by atoms with Crippen LogP contribution in [0.2, 0.25) is 0 Å². The van der Waals surface area contributed by atoms with Gasteiger partial charge in [-0.2, -0.15) is 0 Å². The molecule has 1 aliphatic heterocycles. The summed E-state index contributed by atoms with van der Waals surface area (Å²) in [6, 6.07) is -1.50. The average molecular weight is 506 g/mol. The van der Waals surface area contributed by atoms with Gasteiger partial charge in [0.1, 0.15) is 0 Å². The van der Waals surface area contributed by atoms with E-state index in [4.69, 9.17) is 5.11 Å². The predicted molar refractivity (Wildman–Crippen MR) is 120 cm³/mol. The van der Waals surface area contributed by atoms with Crippen LogP contribution in [0.1, 0.15) is 6.92 Å². The van der Waals surface area contributed by atoms with Gasteiger partial charge in [0.15, 0.2) is 6.04 Å². The minimum absolute atomic E-state index is 0.215. The molecule has 0 bridgehead atoms. The summed E-state index contributed by atoms with van der Waals surface area (Å²) in [4.78, 5) is 64.0. The van der Waals surface area contributed by atoms with Gasteiger partial charge in [-0.15, -0.1) is 0 Å². The maximum Gasteiger partial charge on any atom is 0.328 e. The Balaban J connectivity index is 3.00. The third-order valence-electron chi connectivity index (χ3n) is 5.44. The molecule has 0 aromatic heterocycles. The van der Waals surface area contributed by atoms with Crippen LogP contribution in [0, 0.1) is 0 Å². The smallest absolute Gasteiger partial charge is 0.328 e. The van der Waals surface area contributed by atoms with E-state index in [9.17, 15) is 44.4 Å². The van der Waals surface area contributed by atoms with Gasteiger partial charge < -0.3 is 30.8 Å². The van der Waals surface area contributed by atoms with Gasteiger partial charge in [-0.1, -0.05) is 0 Å². The predicted octanol–water partition coefficient (Wildman–Crippen LogP) is -3.59. The Labute approximate surface area is 202 Å². The number of carboxylic acid groups (broad SMARTS) is 4. The molecule has 0 saturated carbocycles. The van der Waals surface area contributed by atoms with Crippen molar-refractivity contribution in [2.45, 2.75) is 19.1 Å². The lowest BCUT2D eigenvalue weighted by molar-refractivity contribution is -0.145. The molecule has 2 unspecified atom stereocenters. The first-order valence-electron chi connectivity index (χ1n) is 11.1. The molecule has 2 atom stereocenters. The van der Waals surface area contributed by atoms with Crippen molar-refractivity contribution in [2.75, 3.05) is 78.5 Å². The lowest BCUT2D eigenvalue weighted by atomic mass is 10.2. The molecule has 0 radical (unpaired) electrons. The Kier molecular flexibility index (Phi) is 13.1. The molecule has 1 saturated heterocycles. The second-order valence-corrected chi connectivity index (χ2v) is 8.41. The van der Waals surface area contributed by atoms with Crippen molar-refractivity contribution in [1.29, 1.82) is 0 Å². The zero-order valence-corrected chi connectivity index (χ0v) is 19.7. The second-order valence-electron chi connectivity index (χ2n) is 8.41. The number of hydrogen-bond acceptors (Lipinski definition) is 10. The SMILES string of the molecule is CC(O)C(NC(=O)CN1CCN(CC(=O)O)CCN(CC(=O)O)CCN(CC(=O)O)CC1)C(=O)O. The molecule has 1 aliphatic rings. The number of rotatable bonds is 11. The van der Waals surface area contributed by atoms with Crippen molar-refractivity contribution in [2.24, 2.45) is 0 Å². The average Bonchev–Trinajstić information content (AvgIpc) is 2.72. The monoisotopic (exact) mass is 505 g/mol. The highest BCUT2D eigenvalue weighted by Crippen LogP contribution is 2.02. The zero-order valence-electron chi connectivity index (χ0n) is 19.7. The van der Waals surface area contributed by atoms with Gasteiger partial charge in [0.2, 0.25) is 5.91 Å². The molecule has 1 rings (SSSR count). The number of aliphatic hydroxyl groups excluding tert-OH is 1. The highest BCUT2D eigenvalue weighted by Gasteiger charge is 2.26. The molecule has 0 aromatic rings. The first-order valence-corrected chi connectivity index (χ1v) is 11.1. The molecule has 1 amide bonds. The van der Waals surface area contributed by atoms with Crippen LogP contribution in [0.25, 0.3) is 0 Å². The van der Waals surface area contributed by atoms with Crippen molar-refractivity contribution in [1.82, 2.24) is 24.9 Å². The number of nitrogens with zero attached hydrogens (tertiary/aromatic N) is 4. The third-order valence-corrected chi connectivity index (χ3v) is 5.44. The van der Waals surface area contributed by atoms with Gasteiger partial charge in [0.25, 0.3) is 0 Å². The second kappa shape index (κ2) is 15.2. The fraction of sp³-hybridized carbons (Fsp3) is 0.750. The van der Waals surface area contributed by atoms with Crippen LogP contribution in [0.5, 0.6) is 0 Å². The van der Waals surface area contributed by atoms with E-state index in [0.29, 0.717) is 0 Å². The van der Waals surface area contributed by atoms with Crippen LogP contribution in [-0.4, -0.2) is 166 Å². The van der Waals surface area contributed by atoms with Crippen LogP contribution in [-0.2, 0) is 24.0 Å². The molecule has 35 heavy (non-hydrogen) atoms. The Hall–Kier alpha value is -2.85. The highest BCUT2D eigenvalue weighted by molar-refractivity contribution is 5.85. The fourth-order valence-corrected chi connectivity index (χ4v) is 3.60. The van der Waals surface area contributed by atoms with Crippen molar-refractivity contribution in [3.63, 3.8) is 0 Å². The molecule has 0 aromatic carbocycles. The van der Waals surface area contributed by atoms with Gasteiger partial charge in [-0.25, -0.2) is 4.79 Å². The zero-order chi connectivity index (χ0) is 26.5. The topological polar surface area (TPSA) is 211 Å². The molecule has 200 valence electrons. The third kappa shape index (κ3) is 13.0. The standard InChI is InChI=1S/C20H35N5O10/c1-14(26)19(20(34)35)21-15(27)10-22-2-4-23(11-16(28)29)6-8-25(13-18(32)33)9-7-24(5-3-22)12-17(30)31/h14,19,26H,2-13H2,1H3,(H,21,27)(H,28,29)(H,30,31)(H,32,33)(H,34,35). The van der Waals surface area contributed by atoms with E-state index in [1.807, 2.05) is 0 Å². The quantitative estimate of drug-likeness (QED) is 0.160. The Morgan fingerprint density at radius 3 is 1.14 bits per heavy atom. The van der Waals surface area contributed by atoms with Crippen LogP contribution in [0.4, 0.5) is 0 Å². The summed E-state index contributed by atoms with van der Waals surface area (Å²) in [5.41, 5.74) is 0. The van der Waals surface area contributed by atoms with E-state index in [2.05, 4.69) is 5.32 Å². The Morgan fingerprint density at radius 1 is 0.629 bits per heavy atom. The number of nitrogens with one attached hydrogen (secondary N) is 1. The Bertz CT molecular complexity index is 718. The molecular formula is C20H35N5O10. The van der Waals surface area contributed by atoms with Crippen LogP contribution in [0.3, 0.4) is 0 Å². The van der Waals surface area contributed by atoms with E-state index >= 15 is 0 Å². The number of amides is 1. The maximum atomic E-state index is 12.5. The molecule has 15 nitrogen and oxygen atoms in total. The number of carboxylic acids is 4. The number of carbonyl (C=O) groups is 5. The summed E-state index contributed by atoms with van der Waals surface area (Å²) in [6.07, 6.45) is -1.33. The maximum absolute atomic E-state index is 12.5. The summed E-state index contributed by atoms with van der Waals surface area (Å²) >= 11 is 0. The van der Waals surface area contributed by atoms with Crippen molar-refractivity contribution in [3.8, 4) is 0 Å². The largest absolute Gasteiger partial charge is 0.480 e. The van der Waals surface area contributed by atoms with E-state index in [1.165, 1.54) is 6.92 Å². The summed E-state index contributed by atoms with van der Waals surface area (Å²) in [6.45, 7) is 1.96. The van der Waals surface area contributed by atoms with E-state index in [0.717, 1.165) is 0 Å². The van der Waals surface area contributed by atoms with Gasteiger partial charge in [-0.3, -0.25) is 38.8 Å². The summed E-state index contributed by atoms with van der Waals surface area (Å²) < 4.78 is 0. The molecule has 1 fully saturated rings. The van der Waals surface area contributed by atoms with E-state index < -0.39 is 41.9 Å². The van der Waals surface area contributed by atoms with Gasteiger partial charge in [0.05, 0.1) is 32.3 Å².